The van der Waals surface area contributed by atoms with Crippen LogP contribution in [0, 0.1) is 6.92 Å². The lowest BCUT2D eigenvalue weighted by atomic mass is 10.2. The van der Waals surface area contributed by atoms with Crippen LogP contribution in [-0.2, 0) is 6.61 Å². The summed E-state index contributed by atoms with van der Waals surface area (Å²) in [7, 11) is 1.81. The highest BCUT2D eigenvalue weighted by atomic mass is 79.9. The summed E-state index contributed by atoms with van der Waals surface area (Å²) in [6.45, 7) is 1.89. The van der Waals surface area contributed by atoms with Crippen LogP contribution in [0.3, 0.4) is 0 Å². The lowest BCUT2D eigenvalue weighted by Crippen LogP contribution is -2.02. The highest BCUT2D eigenvalue weighted by molar-refractivity contribution is 9.10. The monoisotopic (exact) mass is 322 g/mol. The van der Waals surface area contributed by atoms with Gasteiger partial charge in [-0.25, -0.2) is 4.98 Å². The third kappa shape index (κ3) is 3.42. The van der Waals surface area contributed by atoms with E-state index in [4.69, 9.17) is 0 Å². The Hall–Kier alpha value is -1.66. The first-order valence-electron chi connectivity index (χ1n) is 5.82. The van der Waals surface area contributed by atoms with Gasteiger partial charge in [-0.3, -0.25) is 0 Å². The number of aromatic nitrogens is 2. The van der Waals surface area contributed by atoms with Gasteiger partial charge >= 0.3 is 0 Å². The van der Waals surface area contributed by atoms with E-state index in [1.54, 1.807) is 0 Å². The van der Waals surface area contributed by atoms with E-state index in [-0.39, 0.29) is 6.61 Å². The lowest BCUT2D eigenvalue weighted by Gasteiger charge is -2.09. The van der Waals surface area contributed by atoms with E-state index in [0.29, 0.717) is 5.95 Å². The van der Waals surface area contributed by atoms with Crippen molar-refractivity contribution >= 4 is 33.4 Å². The molecule has 1 heterocycles. The molecule has 0 saturated heterocycles. The summed E-state index contributed by atoms with van der Waals surface area (Å²) in [6.07, 6.45) is 0. The van der Waals surface area contributed by atoms with E-state index in [2.05, 4.69) is 36.5 Å². The second-order valence-corrected chi connectivity index (χ2v) is 4.91. The molecule has 0 amide bonds. The Morgan fingerprint density at radius 2 is 2.05 bits per heavy atom. The van der Waals surface area contributed by atoms with Gasteiger partial charge in [0.15, 0.2) is 0 Å². The summed E-state index contributed by atoms with van der Waals surface area (Å²) in [6, 6.07) is 7.50. The number of nitrogens with zero attached hydrogens (tertiary/aromatic N) is 2. The molecule has 0 atom stereocenters. The van der Waals surface area contributed by atoms with Gasteiger partial charge in [0.05, 0.1) is 6.61 Å². The molecule has 0 fully saturated rings. The molecule has 0 radical (unpaired) electrons. The molecule has 0 aliphatic carbocycles. The van der Waals surface area contributed by atoms with E-state index < -0.39 is 0 Å². The third-order valence-electron chi connectivity index (χ3n) is 2.58. The van der Waals surface area contributed by atoms with Gasteiger partial charge in [-0.1, -0.05) is 15.9 Å². The largest absolute Gasteiger partial charge is 0.392 e. The van der Waals surface area contributed by atoms with Gasteiger partial charge in [-0.15, -0.1) is 0 Å². The van der Waals surface area contributed by atoms with Gasteiger partial charge < -0.3 is 15.7 Å². The van der Waals surface area contributed by atoms with Crippen LogP contribution in [0.15, 0.2) is 28.7 Å². The van der Waals surface area contributed by atoms with Crippen molar-refractivity contribution in [1.29, 1.82) is 0 Å². The number of aliphatic hydroxyl groups is 1. The molecule has 3 N–H and O–H groups in total. The van der Waals surface area contributed by atoms with Crippen LogP contribution in [0.5, 0.6) is 0 Å². The van der Waals surface area contributed by atoms with Gasteiger partial charge in [-0.05, 0) is 30.7 Å². The van der Waals surface area contributed by atoms with Crippen molar-refractivity contribution in [3.63, 3.8) is 0 Å². The number of halogens is 1. The Morgan fingerprint density at radius 1 is 1.26 bits per heavy atom. The minimum atomic E-state index is -0.0213. The van der Waals surface area contributed by atoms with Crippen LogP contribution in [-0.4, -0.2) is 22.1 Å². The number of aryl methyl sites for hydroxylation is 1. The fraction of sp³-hybridized carbons (Fsp3) is 0.231. The fourth-order valence-electron chi connectivity index (χ4n) is 1.66. The van der Waals surface area contributed by atoms with E-state index in [1.807, 2.05) is 38.2 Å². The van der Waals surface area contributed by atoms with Crippen molar-refractivity contribution in [2.45, 2.75) is 13.5 Å². The SMILES string of the molecule is CNc1cc(C)nc(Nc2ccc(Br)c(CO)c2)n1. The second-order valence-electron chi connectivity index (χ2n) is 4.06. The van der Waals surface area contributed by atoms with Crippen molar-refractivity contribution in [1.82, 2.24) is 9.97 Å². The molecular weight excluding hydrogens is 308 g/mol. The Balaban J connectivity index is 2.28. The summed E-state index contributed by atoms with van der Waals surface area (Å²) < 4.78 is 0.877. The lowest BCUT2D eigenvalue weighted by molar-refractivity contribution is 0.281. The molecular formula is C13H15BrN4O. The van der Waals surface area contributed by atoms with Crippen molar-refractivity contribution in [2.24, 2.45) is 0 Å². The average molecular weight is 323 g/mol. The van der Waals surface area contributed by atoms with Gasteiger partial charge in [0.2, 0.25) is 5.95 Å². The number of rotatable bonds is 4. The molecule has 2 rings (SSSR count). The smallest absolute Gasteiger partial charge is 0.229 e. The van der Waals surface area contributed by atoms with Gasteiger partial charge in [-0.2, -0.15) is 4.98 Å². The van der Waals surface area contributed by atoms with E-state index in [9.17, 15) is 5.11 Å². The maximum absolute atomic E-state index is 9.24. The summed E-state index contributed by atoms with van der Waals surface area (Å²) in [5.41, 5.74) is 2.52. The number of aliphatic hydroxyl groups excluding tert-OH is 1. The van der Waals surface area contributed by atoms with Crippen molar-refractivity contribution in [2.75, 3.05) is 17.7 Å². The molecule has 1 aromatic heterocycles. The molecule has 0 saturated carbocycles. The highest BCUT2D eigenvalue weighted by Gasteiger charge is 2.04. The molecule has 19 heavy (non-hydrogen) atoms. The number of hydrogen-bond acceptors (Lipinski definition) is 5. The van der Waals surface area contributed by atoms with Crippen molar-refractivity contribution in [3.05, 3.63) is 40.0 Å². The van der Waals surface area contributed by atoms with Crippen molar-refractivity contribution in [3.8, 4) is 0 Å². The molecule has 0 aliphatic rings. The number of anilines is 3. The molecule has 0 unspecified atom stereocenters. The number of hydrogen-bond donors (Lipinski definition) is 3. The van der Waals surface area contributed by atoms with Crippen LogP contribution >= 0.6 is 15.9 Å². The number of nitrogens with one attached hydrogen (secondary N) is 2. The first-order valence-corrected chi connectivity index (χ1v) is 6.61. The zero-order valence-corrected chi connectivity index (χ0v) is 12.3. The zero-order valence-electron chi connectivity index (χ0n) is 10.7. The normalized spacial score (nSPS) is 10.3. The van der Waals surface area contributed by atoms with E-state index in [0.717, 1.165) is 27.2 Å². The fourth-order valence-corrected chi connectivity index (χ4v) is 2.03. The highest BCUT2D eigenvalue weighted by Crippen LogP contribution is 2.23. The topological polar surface area (TPSA) is 70.1 Å². The van der Waals surface area contributed by atoms with Crippen LogP contribution < -0.4 is 10.6 Å². The molecule has 2 aromatic rings. The molecule has 5 nitrogen and oxygen atoms in total. The Morgan fingerprint density at radius 3 is 2.74 bits per heavy atom. The van der Waals surface area contributed by atoms with Crippen molar-refractivity contribution < 1.29 is 5.11 Å². The first kappa shape index (κ1) is 13.8. The third-order valence-corrected chi connectivity index (χ3v) is 3.36. The van der Waals surface area contributed by atoms with Gasteiger partial charge in [0, 0.05) is 29.0 Å². The van der Waals surface area contributed by atoms with Gasteiger partial charge in [0.25, 0.3) is 0 Å². The maximum atomic E-state index is 9.24. The zero-order chi connectivity index (χ0) is 13.8. The van der Waals surface area contributed by atoms with Crippen LogP contribution in [0.4, 0.5) is 17.5 Å². The molecule has 100 valence electrons. The predicted molar refractivity (Wildman–Crippen MR) is 79.7 cm³/mol. The van der Waals surface area contributed by atoms with Gasteiger partial charge in [0.1, 0.15) is 5.82 Å². The summed E-state index contributed by atoms with van der Waals surface area (Å²) in [5, 5.41) is 15.4. The Kier molecular flexibility index (Phi) is 4.34. The van der Waals surface area contributed by atoms with E-state index >= 15 is 0 Å². The minimum Gasteiger partial charge on any atom is -0.392 e. The molecule has 6 heteroatoms. The van der Waals surface area contributed by atoms with E-state index in [1.165, 1.54) is 0 Å². The summed E-state index contributed by atoms with van der Waals surface area (Å²) in [4.78, 5) is 8.64. The first-order chi connectivity index (χ1) is 9.12. The molecule has 1 aromatic carbocycles. The Bertz CT molecular complexity index is 589. The summed E-state index contributed by atoms with van der Waals surface area (Å²) >= 11 is 3.38. The number of benzene rings is 1. The summed E-state index contributed by atoms with van der Waals surface area (Å²) in [5.74, 6) is 1.28. The minimum absolute atomic E-state index is 0.0213. The molecule has 0 bridgehead atoms. The maximum Gasteiger partial charge on any atom is 0.229 e. The quantitative estimate of drug-likeness (QED) is 0.807. The van der Waals surface area contributed by atoms with Crippen LogP contribution in [0.25, 0.3) is 0 Å². The molecule has 0 spiro atoms. The second kappa shape index (κ2) is 5.99. The predicted octanol–water partition coefficient (Wildman–Crippen LogP) is 2.83. The van der Waals surface area contributed by atoms with Crippen LogP contribution in [0.2, 0.25) is 0 Å². The standard InChI is InChI=1S/C13H15BrN4O/c1-8-5-12(15-2)18-13(16-8)17-10-3-4-11(14)9(6-10)7-19/h3-6,19H,7H2,1-2H3,(H2,15,16,17,18). The average Bonchev–Trinajstić information content (AvgIpc) is 2.40. The Labute approximate surface area is 120 Å². The van der Waals surface area contributed by atoms with Crippen LogP contribution in [0.1, 0.15) is 11.3 Å². The molecule has 0 aliphatic heterocycles.